The predicted molar refractivity (Wildman–Crippen MR) is 202 cm³/mol. The van der Waals surface area contributed by atoms with Crippen LogP contribution in [0.15, 0.2) is 150 Å². The van der Waals surface area contributed by atoms with E-state index in [1.165, 1.54) is 22.1 Å². The van der Waals surface area contributed by atoms with Crippen molar-refractivity contribution < 1.29 is 4.42 Å². The Balaban J connectivity index is 1.14. The number of rotatable bonds is 4. The predicted octanol–water partition coefficient (Wildman–Crippen LogP) is 11.3. The molecular formula is C45H30N4O. The molecule has 0 saturated carbocycles. The van der Waals surface area contributed by atoms with Gasteiger partial charge in [0.15, 0.2) is 23.1 Å². The van der Waals surface area contributed by atoms with Crippen LogP contribution in [0.1, 0.15) is 25.1 Å². The molecule has 0 N–H and O–H groups in total. The van der Waals surface area contributed by atoms with Gasteiger partial charge in [0.25, 0.3) is 0 Å². The minimum Gasteiger partial charge on any atom is -0.454 e. The summed E-state index contributed by atoms with van der Waals surface area (Å²) in [5.41, 5.74) is 10.7. The van der Waals surface area contributed by atoms with Crippen molar-refractivity contribution in [1.82, 2.24) is 19.9 Å². The van der Waals surface area contributed by atoms with Crippen molar-refractivity contribution >= 4 is 32.7 Å². The number of aromatic nitrogens is 4. The molecule has 1 aliphatic rings. The van der Waals surface area contributed by atoms with Crippen molar-refractivity contribution in [3.63, 3.8) is 0 Å². The summed E-state index contributed by atoms with van der Waals surface area (Å²) >= 11 is 0. The highest BCUT2D eigenvalue weighted by molar-refractivity contribution is 6.17. The number of furan rings is 1. The lowest BCUT2D eigenvalue weighted by Crippen LogP contribution is -2.17. The third kappa shape index (κ3) is 4.33. The van der Waals surface area contributed by atoms with E-state index in [1.807, 2.05) is 42.5 Å². The zero-order valence-electron chi connectivity index (χ0n) is 27.6. The molecule has 10 rings (SSSR count). The highest BCUT2D eigenvalue weighted by Crippen LogP contribution is 2.53. The van der Waals surface area contributed by atoms with Gasteiger partial charge in [-0.3, -0.25) is 0 Å². The Kier molecular flexibility index (Phi) is 6.15. The molecule has 0 amide bonds. The van der Waals surface area contributed by atoms with E-state index >= 15 is 0 Å². The molecule has 0 saturated heterocycles. The van der Waals surface area contributed by atoms with Crippen molar-refractivity contribution in [1.29, 1.82) is 0 Å². The van der Waals surface area contributed by atoms with Gasteiger partial charge in [-0.25, -0.2) is 19.9 Å². The van der Waals surface area contributed by atoms with Crippen LogP contribution in [0.3, 0.4) is 0 Å². The highest BCUT2D eigenvalue weighted by Gasteiger charge is 2.40. The fraction of sp³-hybridized carbons (Fsp3) is 0.0667. The zero-order chi connectivity index (χ0) is 33.4. The molecule has 5 nitrogen and oxygen atoms in total. The third-order valence-corrected chi connectivity index (χ3v) is 10.1. The van der Waals surface area contributed by atoms with Gasteiger partial charge in [0.2, 0.25) is 0 Å². The van der Waals surface area contributed by atoms with Gasteiger partial charge in [0.05, 0.1) is 5.69 Å². The molecule has 50 heavy (non-hydrogen) atoms. The van der Waals surface area contributed by atoms with E-state index in [0.29, 0.717) is 17.5 Å². The number of benzene rings is 6. The van der Waals surface area contributed by atoms with Gasteiger partial charge in [-0.15, -0.1) is 0 Å². The average molecular weight is 643 g/mol. The van der Waals surface area contributed by atoms with E-state index in [9.17, 15) is 0 Å². The largest absolute Gasteiger partial charge is 0.454 e. The maximum atomic E-state index is 6.63. The Labute approximate surface area is 289 Å². The van der Waals surface area contributed by atoms with Crippen molar-refractivity contribution in [3.05, 3.63) is 157 Å². The summed E-state index contributed by atoms with van der Waals surface area (Å²) in [6.07, 6.45) is 0. The first kappa shape index (κ1) is 28.5. The van der Waals surface area contributed by atoms with Gasteiger partial charge < -0.3 is 4.42 Å². The maximum Gasteiger partial charge on any atom is 0.164 e. The van der Waals surface area contributed by atoms with Crippen molar-refractivity contribution in [3.8, 4) is 56.5 Å². The van der Waals surface area contributed by atoms with Crippen LogP contribution in [0.5, 0.6) is 0 Å². The Morgan fingerprint density at radius 1 is 0.500 bits per heavy atom. The molecule has 6 aromatic carbocycles. The maximum absolute atomic E-state index is 6.63. The number of pyridine rings is 1. The van der Waals surface area contributed by atoms with Gasteiger partial charge in [-0.05, 0) is 34.0 Å². The number of para-hydroxylation sites is 1. The smallest absolute Gasteiger partial charge is 0.164 e. The summed E-state index contributed by atoms with van der Waals surface area (Å²) in [6.45, 7) is 4.54. The first-order valence-electron chi connectivity index (χ1n) is 16.9. The lowest BCUT2D eigenvalue weighted by atomic mass is 9.85. The first-order chi connectivity index (χ1) is 24.5. The van der Waals surface area contributed by atoms with E-state index in [-0.39, 0.29) is 5.41 Å². The van der Waals surface area contributed by atoms with Gasteiger partial charge in [0, 0.05) is 44.0 Å². The second-order valence-electron chi connectivity index (χ2n) is 13.5. The number of fused-ring (bicyclic) bond motifs is 8. The summed E-state index contributed by atoms with van der Waals surface area (Å²) in [6, 6.07) is 50.1. The Morgan fingerprint density at radius 2 is 1.10 bits per heavy atom. The molecule has 3 aromatic heterocycles. The summed E-state index contributed by atoms with van der Waals surface area (Å²) in [5.74, 6) is 1.88. The van der Waals surface area contributed by atoms with Crippen LogP contribution in [0.4, 0.5) is 0 Å². The van der Waals surface area contributed by atoms with Gasteiger partial charge in [-0.1, -0.05) is 147 Å². The minimum atomic E-state index is -0.259. The van der Waals surface area contributed by atoms with Crippen LogP contribution in [-0.4, -0.2) is 19.9 Å². The number of nitrogens with zero attached hydrogens (tertiary/aromatic N) is 4. The van der Waals surface area contributed by atoms with Crippen LogP contribution in [-0.2, 0) is 5.41 Å². The van der Waals surface area contributed by atoms with E-state index in [4.69, 9.17) is 24.4 Å². The zero-order valence-corrected chi connectivity index (χ0v) is 27.6. The fourth-order valence-electron chi connectivity index (χ4n) is 7.54. The average Bonchev–Trinajstić information content (AvgIpc) is 3.67. The highest BCUT2D eigenvalue weighted by atomic mass is 16.3. The van der Waals surface area contributed by atoms with Gasteiger partial charge in [0.1, 0.15) is 11.3 Å². The van der Waals surface area contributed by atoms with Crippen LogP contribution < -0.4 is 0 Å². The molecular weight excluding hydrogens is 613 g/mol. The molecule has 236 valence electrons. The van der Waals surface area contributed by atoms with E-state index in [2.05, 4.69) is 117 Å². The number of hydrogen-bond donors (Lipinski definition) is 0. The second kappa shape index (κ2) is 10.8. The molecule has 3 heterocycles. The summed E-state index contributed by atoms with van der Waals surface area (Å²) < 4.78 is 6.63. The third-order valence-electron chi connectivity index (χ3n) is 10.1. The summed E-state index contributed by atoms with van der Waals surface area (Å²) in [4.78, 5) is 20.4. The Bertz CT molecular complexity index is 2780. The lowest BCUT2D eigenvalue weighted by Gasteiger charge is -2.21. The minimum absolute atomic E-state index is 0.259. The molecule has 1 aliphatic carbocycles. The molecule has 0 radical (unpaired) electrons. The van der Waals surface area contributed by atoms with Crippen LogP contribution in [0.25, 0.3) is 89.3 Å². The summed E-state index contributed by atoms with van der Waals surface area (Å²) in [7, 11) is 0. The Morgan fingerprint density at radius 3 is 1.90 bits per heavy atom. The van der Waals surface area contributed by atoms with E-state index < -0.39 is 0 Å². The van der Waals surface area contributed by atoms with Crippen molar-refractivity contribution in [2.75, 3.05) is 0 Å². The SMILES string of the molecule is CC1(C)c2ccccc2-c2c1nc(-c1ccc(-c3nc(-c4ccccc4)nc(-c4ccc5ccccc5c4)n3)cc1)c1oc3ccccc3c21. The van der Waals surface area contributed by atoms with Crippen molar-refractivity contribution in [2.24, 2.45) is 0 Å². The molecule has 0 spiro atoms. The van der Waals surface area contributed by atoms with E-state index in [1.54, 1.807) is 0 Å². The quantitative estimate of drug-likeness (QED) is 0.191. The van der Waals surface area contributed by atoms with Gasteiger partial charge in [-0.2, -0.15) is 0 Å². The van der Waals surface area contributed by atoms with Crippen LogP contribution >= 0.6 is 0 Å². The van der Waals surface area contributed by atoms with Crippen LogP contribution in [0, 0.1) is 0 Å². The molecule has 0 atom stereocenters. The van der Waals surface area contributed by atoms with Crippen LogP contribution in [0.2, 0.25) is 0 Å². The molecule has 0 unspecified atom stereocenters. The molecule has 0 aliphatic heterocycles. The topological polar surface area (TPSA) is 64.7 Å². The van der Waals surface area contributed by atoms with Crippen molar-refractivity contribution in [2.45, 2.75) is 19.3 Å². The summed E-state index contributed by atoms with van der Waals surface area (Å²) in [5, 5.41) is 4.54. The lowest BCUT2D eigenvalue weighted by molar-refractivity contribution is 0.634. The molecule has 0 bridgehead atoms. The standard InChI is InChI=1S/C45H30N4O/c1-45(2)35-18-10-8-16-33(35)38-37-34-17-9-11-19-36(34)50-40(37)39(46-41(38)45)28-21-23-30(24-22-28)43-47-42(29-13-4-3-5-14-29)48-44(49-43)32-25-20-27-12-6-7-15-31(27)26-32/h3-26H,1-2H3. The molecule has 9 aromatic rings. The first-order valence-corrected chi connectivity index (χ1v) is 16.9. The molecule has 5 heteroatoms. The monoisotopic (exact) mass is 642 g/mol. The van der Waals surface area contributed by atoms with E-state index in [0.717, 1.165) is 61.0 Å². The van der Waals surface area contributed by atoms with Gasteiger partial charge >= 0.3 is 0 Å². The Hall–Kier alpha value is -6.46. The number of hydrogen-bond acceptors (Lipinski definition) is 5. The molecule has 0 fully saturated rings. The second-order valence-corrected chi connectivity index (χ2v) is 13.5. The normalized spacial score (nSPS) is 13.2. The fourth-order valence-corrected chi connectivity index (χ4v) is 7.54.